The van der Waals surface area contributed by atoms with Crippen molar-refractivity contribution in [3.05, 3.63) is 54.3 Å². The Morgan fingerprint density at radius 2 is 1.84 bits per heavy atom. The lowest BCUT2D eigenvalue weighted by Crippen LogP contribution is -2.54. The quantitative estimate of drug-likeness (QED) is 0.629. The molecule has 3 aromatic rings. The minimum atomic E-state index is -0.442. The van der Waals surface area contributed by atoms with Crippen LogP contribution < -0.4 is 5.32 Å². The number of hydrogen-bond acceptors (Lipinski definition) is 7. The maximum atomic E-state index is 13.0. The van der Waals surface area contributed by atoms with Crippen LogP contribution in [-0.2, 0) is 4.79 Å². The predicted octanol–water partition coefficient (Wildman–Crippen LogP) is 2.21. The Morgan fingerprint density at radius 1 is 1.10 bits per heavy atom. The van der Waals surface area contributed by atoms with E-state index in [2.05, 4.69) is 15.3 Å². The third kappa shape index (κ3) is 4.17. The van der Waals surface area contributed by atoms with E-state index in [9.17, 15) is 14.4 Å². The van der Waals surface area contributed by atoms with E-state index >= 15 is 0 Å². The van der Waals surface area contributed by atoms with Gasteiger partial charge in [0, 0.05) is 50.9 Å². The fraction of sp³-hybridized carbons (Fsp3) is 0.318. The van der Waals surface area contributed by atoms with Crippen molar-refractivity contribution >= 4 is 34.3 Å². The summed E-state index contributed by atoms with van der Waals surface area (Å²) in [6, 6.07) is 6.76. The number of nitrogens with one attached hydrogen (secondary N) is 1. The number of nitrogens with zero attached hydrogens (tertiary/aromatic N) is 4. The number of fused-ring (bicyclic) bond motifs is 1. The molecule has 2 amide bonds. The molecule has 1 N–H and O–H groups in total. The first-order valence-electron chi connectivity index (χ1n) is 10.1. The van der Waals surface area contributed by atoms with Crippen molar-refractivity contribution in [2.24, 2.45) is 0 Å². The maximum Gasteiger partial charge on any atom is 0.274 e. The summed E-state index contributed by atoms with van der Waals surface area (Å²) in [4.78, 5) is 49.2. The first-order valence-corrected chi connectivity index (χ1v) is 10.1. The fourth-order valence-electron chi connectivity index (χ4n) is 3.69. The normalized spacial score (nSPS) is 15.6. The van der Waals surface area contributed by atoms with E-state index in [1.54, 1.807) is 11.0 Å². The van der Waals surface area contributed by atoms with Gasteiger partial charge in [0.25, 0.3) is 5.91 Å². The van der Waals surface area contributed by atoms with Crippen LogP contribution in [0.3, 0.4) is 0 Å². The number of carbonyl (C=O) groups excluding carboxylic acids is 3. The highest BCUT2D eigenvalue weighted by atomic mass is 16.3. The molecule has 1 atom stereocenters. The molecule has 1 aliphatic rings. The van der Waals surface area contributed by atoms with Crippen LogP contribution in [0, 0.1) is 0 Å². The molecule has 1 unspecified atom stereocenters. The number of piperazine rings is 1. The average molecular weight is 421 g/mol. The summed E-state index contributed by atoms with van der Waals surface area (Å²) in [5, 5.41) is 3.57. The predicted molar refractivity (Wildman–Crippen MR) is 114 cm³/mol. The van der Waals surface area contributed by atoms with Gasteiger partial charge >= 0.3 is 0 Å². The molecule has 1 saturated heterocycles. The molecule has 2 aromatic heterocycles. The summed E-state index contributed by atoms with van der Waals surface area (Å²) in [7, 11) is 0. The van der Waals surface area contributed by atoms with Gasteiger partial charge in [0.15, 0.2) is 11.5 Å². The van der Waals surface area contributed by atoms with E-state index in [1.807, 2.05) is 30.0 Å². The Balaban J connectivity index is 1.42. The first-order chi connectivity index (χ1) is 15.0. The van der Waals surface area contributed by atoms with Crippen LogP contribution in [0.15, 0.2) is 47.3 Å². The van der Waals surface area contributed by atoms with Gasteiger partial charge in [-0.3, -0.25) is 24.3 Å². The maximum absolute atomic E-state index is 13.0. The second-order valence-electron chi connectivity index (χ2n) is 7.44. The van der Waals surface area contributed by atoms with Crippen molar-refractivity contribution < 1.29 is 18.8 Å². The molecule has 9 heteroatoms. The Labute approximate surface area is 179 Å². The smallest absolute Gasteiger partial charge is 0.274 e. The molecular formula is C22H23N5O4. The average Bonchev–Trinajstić information content (AvgIpc) is 3.17. The topological polar surface area (TPSA) is 109 Å². The van der Waals surface area contributed by atoms with Gasteiger partial charge in [0.2, 0.25) is 5.91 Å². The number of carbonyl (C=O) groups is 3. The first kappa shape index (κ1) is 20.7. The van der Waals surface area contributed by atoms with Gasteiger partial charge in [-0.25, -0.2) is 4.98 Å². The third-order valence-electron chi connectivity index (χ3n) is 5.47. The molecule has 4 rings (SSSR count). The van der Waals surface area contributed by atoms with Crippen LogP contribution in [0.2, 0.25) is 0 Å². The number of rotatable bonds is 5. The molecule has 0 saturated carbocycles. The van der Waals surface area contributed by atoms with Crippen LogP contribution >= 0.6 is 0 Å². The lowest BCUT2D eigenvalue weighted by Gasteiger charge is -2.37. The van der Waals surface area contributed by atoms with E-state index in [1.165, 1.54) is 25.5 Å². The molecule has 0 spiro atoms. The number of ketones is 1. The number of aromatic nitrogens is 2. The van der Waals surface area contributed by atoms with Crippen LogP contribution in [0.5, 0.6) is 0 Å². The van der Waals surface area contributed by atoms with Crippen LogP contribution in [-0.4, -0.2) is 69.6 Å². The zero-order chi connectivity index (χ0) is 22.0. The molecule has 1 aliphatic heterocycles. The molecule has 3 heterocycles. The van der Waals surface area contributed by atoms with Crippen molar-refractivity contribution in [1.29, 1.82) is 0 Å². The number of amides is 2. The van der Waals surface area contributed by atoms with Gasteiger partial charge in [-0.05, 0) is 19.1 Å². The Hall–Kier alpha value is -3.59. The van der Waals surface area contributed by atoms with E-state index in [-0.39, 0.29) is 23.4 Å². The molecule has 160 valence electrons. The van der Waals surface area contributed by atoms with Gasteiger partial charge in [0.1, 0.15) is 11.3 Å². The molecule has 31 heavy (non-hydrogen) atoms. The van der Waals surface area contributed by atoms with Crippen molar-refractivity contribution in [2.75, 3.05) is 31.5 Å². The van der Waals surface area contributed by atoms with E-state index < -0.39 is 6.04 Å². The number of Topliss-reactive ketones (excluding diaryl/α,β-unsaturated/α-hetero) is 1. The van der Waals surface area contributed by atoms with E-state index in [0.29, 0.717) is 48.5 Å². The zero-order valence-electron chi connectivity index (χ0n) is 17.4. The van der Waals surface area contributed by atoms with Crippen molar-refractivity contribution in [2.45, 2.75) is 19.9 Å². The van der Waals surface area contributed by atoms with Crippen molar-refractivity contribution in [3.63, 3.8) is 0 Å². The number of anilines is 1. The molecule has 0 radical (unpaired) electrons. The lowest BCUT2D eigenvalue weighted by molar-refractivity contribution is -0.121. The minimum absolute atomic E-state index is 0.140. The Bertz CT molecular complexity index is 1120. The molecule has 1 fully saturated rings. The second-order valence-corrected chi connectivity index (χ2v) is 7.44. The largest absolute Gasteiger partial charge is 0.451 e. The summed E-state index contributed by atoms with van der Waals surface area (Å²) >= 11 is 0. The van der Waals surface area contributed by atoms with Gasteiger partial charge < -0.3 is 14.6 Å². The summed E-state index contributed by atoms with van der Waals surface area (Å²) in [5.41, 5.74) is 1.26. The summed E-state index contributed by atoms with van der Waals surface area (Å²) in [6.45, 7) is 5.29. The number of benzene rings is 1. The standard InChI is InChI=1S/C22H23N5O4/c1-14(26-9-11-27(12-10-26)22(30)17-13-23-7-8-24-17)21(29)25-19-16-5-3-4-6-18(16)31-20(19)15(2)28/h3-8,13-14H,9-12H2,1-2H3,(H,25,29). The second kappa shape index (κ2) is 8.65. The number of furan rings is 1. The van der Waals surface area contributed by atoms with Crippen LogP contribution in [0.1, 0.15) is 34.9 Å². The summed E-state index contributed by atoms with van der Waals surface area (Å²) in [6.07, 6.45) is 4.47. The SMILES string of the molecule is CC(=O)c1oc2ccccc2c1NC(=O)C(C)N1CCN(C(=O)c2cnccn2)CC1. The minimum Gasteiger partial charge on any atom is -0.451 e. The Morgan fingerprint density at radius 3 is 2.52 bits per heavy atom. The Kier molecular flexibility index (Phi) is 5.77. The number of hydrogen-bond donors (Lipinski definition) is 1. The van der Waals surface area contributed by atoms with Gasteiger partial charge in [-0.1, -0.05) is 12.1 Å². The van der Waals surface area contributed by atoms with Crippen LogP contribution in [0.4, 0.5) is 5.69 Å². The highest BCUT2D eigenvalue weighted by Gasteiger charge is 2.29. The summed E-state index contributed by atoms with van der Waals surface area (Å²) < 4.78 is 5.64. The highest BCUT2D eigenvalue weighted by molar-refractivity contribution is 6.11. The third-order valence-corrected chi connectivity index (χ3v) is 5.47. The van der Waals surface area contributed by atoms with Gasteiger partial charge in [-0.2, -0.15) is 0 Å². The molecular weight excluding hydrogens is 398 g/mol. The van der Waals surface area contributed by atoms with Gasteiger partial charge in [-0.15, -0.1) is 0 Å². The monoisotopic (exact) mass is 421 g/mol. The van der Waals surface area contributed by atoms with Gasteiger partial charge in [0.05, 0.1) is 17.9 Å². The molecule has 9 nitrogen and oxygen atoms in total. The zero-order valence-corrected chi connectivity index (χ0v) is 17.4. The molecule has 0 aliphatic carbocycles. The van der Waals surface area contributed by atoms with E-state index in [4.69, 9.17) is 4.42 Å². The number of para-hydroxylation sites is 1. The summed E-state index contributed by atoms with van der Waals surface area (Å²) in [5.74, 6) is -0.514. The molecule has 0 bridgehead atoms. The fourth-order valence-corrected chi connectivity index (χ4v) is 3.69. The van der Waals surface area contributed by atoms with Crippen molar-refractivity contribution in [3.8, 4) is 0 Å². The van der Waals surface area contributed by atoms with Crippen molar-refractivity contribution in [1.82, 2.24) is 19.8 Å². The highest BCUT2D eigenvalue weighted by Crippen LogP contribution is 2.31. The lowest BCUT2D eigenvalue weighted by atomic mass is 10.1. The van der Waals surface area contributed by atoms with E-state index in [0.717, 1.165) is 0 Å². The van der Waals surface area contributed by atoms with Crippen LogP contribution in [0.25, 0.3) is 11.0 Å². The molecule has 1 aromatic carbocycles.